The van der Waals surface area contributed by atoms with Gasteiger partial charge in [0.2, 0.25) is 5.91 Å². The quantitative estimate of drug-likeness (QED) is 0.713. The molecule has 1 aromatic heterocycles. The number of carbonyl (C=O) groups is 1. The van der Waals surface area contributed by atoms with Crippen molar-refractivity contribution in [3.63, 3.8) is 0 Å². The lowest BCUT2D eigenvalue weighted by molar-refractivity contribution is -0.130. The number of rotatable bonds is 4. The lowest BCUT2D eigenvalue weighted by Crippen LogP contribution is -2.53. The van der Waals surface area contributed by atoms with Gasteiger partial charge in [0.05, 0.1) is 10.6 Å². The van der Waals surface area contributed by atoms with Gasteiger partial charge in [-0.2, -0.15) is 0 Å². The lowest BCUT2D eigenvalue weighted by atomic mass is 9.81. The van der Waals surface area contributed by atoms with Crippen LogP contribution < -0.4 is 10.3 Å². The maximum absolute atomic E-state index is 13.7. The molecule has 34 heavy (non-hydrogen) atoms. The number of nitrogens with zero attached hydrogens (tertiary/aromatic N) is 3. The van der Waals surface area contributed by atoms with Crippen LogP contribution in [-0.4, -0.2) is 60.9 Å². The highest BCUT2D eigenvalue weighted by Crippen LogP contribution is 2.40. The van der Waals surface area contributed by atoms with Gasteiger partial charge in [0.25, 0.3) is 15.6 Å². The molecule has 5 rings (SSSR count). The summed E-state index contributed by atoms with van der Waals surface area (Å²) < 4.78 is 44.0. The first kappa shape index (κ1) is 23.0. The number of piperidine rings is 2. The molecule has 182 valence electrons. The second kappa shape index (κ2) is 8.81. The largest absolute Gasteiger partial charge is 0.343 e. The summed E-state index contributed by atoms with van der Waals surface area (Å²) in [4.78, 5) is 28.6. The first-order valence-electron chi connectivity index (χ1n) is 11.7. The lowest BCUT2D eigenvalue weighted by Gasteiger charge is -2.47. The highest BCUT2D eigenvalue weighted by atomic mass is 32.2. The monoisotopic (exact) mass is 488 g/mol. The van der Waals surface area contributed by atoms with Gasteiger partial charge in [-0.3, -0.25) is 19.2 Å². The molecule has 2 unspecified atom stereocenters. The maximum Gasteiger partial charge on any atom is 0.262 e. The van der Waals surface area contributed by atoms with Gasteiger partial charge in [0.1, 0.15) is 5.82 Å². The molecule has 1 aromatic carbocycles. The number of likely N-dealkylation sites (tertiary alicyclic amines) is 2. The number of nitrogens with one attached hydrogen (secondary N) is 1. The van der Waals surface area contributed by atoms with Crippen LogP contribution in [0.2, 0.25) is 0 Å². The molecule has 2 fully saturated rings. The highest BCUT2D eigenvalue weighted by molar-refractivity contribution is 7.92. The van der Waals surface area contributed by atoms with E-state index in [2.05, 4.69) is 9.62 Å². The number of anilines is 1. The van der Waals surface area contributed by atoms with Crippen molar-refractivity contribution in [2.75, 3.05) is 30.9 Å². The zero-order chi connectivity index (χ0) is 24.0. The molecule has 3 aliphatic rings. The normalized spacial score (nSPS) is 23.4. The smallest absolute Gasteiger partial charge is 0.262 e. The van der Waals surface area contributed by atoms with Crippen molar-refractivity contribution in [3.8, 4) is 0 Å². The van der Waals surface area contributed by atoms with Gasteiger partial charge in [-0.1, -0.05) is 6.07 Å². The number of benzene rings is 1. The molecular formula is C24H29FN4O4S. The number of halogens is 1. The van der Waals surface area contributed by atoms with Crippen LogP contribution in [0, 0.1) is 11.7 Å². The van der Waals surface area contributed by atoms with Crippen molar-refractivity contribution >= 4 is 21.6 Å². The molecule has 1 N–H and O–H groups in total. The van der Waals surface area contributed by atoms with Gasteiger partial charge < -0.3 is 9.47 Å². The first-order chi connectivity index (χ1) is 16.2. The van der Waals surface area contributed by atoms with Crippen molar-refractivity contribution in [2.24, 2.45) is 5.92 Å². The van der Waals surface area contributed by atoms with Crippen molar-refractivity contribution < 1.29 is 17.6 Å². The molecular weight excluding hydrogens is 459 g/mol. The Hall–Kier alpha value is -2.72. The minimum atomic E-state index is -4.01. The molecule has 0 radical (unpaired) electrons. The van der Waals surface area contributed by atoms with Crippen LogP contribution in [0.25, 0.3) is 0 Å². The van der Waals surface area contributed by atoms with Gasteiger partial charge in [-0.25, -0.2) is 12.8 Å². The van der Waals surface area contributed by atoms with Crippen LogP contribution in [0.1, 0.15) is 37.8 Å². The number of hydrogen-bond acceptors (Lipinski definition) is 5. The second-order valence-corrected chi connectivity index (χ2v) is 11.3. The van der Waals surface area contributed by atoms with E-state index in [1.54, 1.807) is 11.5 Å². The number of fused-ring (bicyclic) bond motifs is 4. The van der Waals surface area contributed by atoms with Gasteiger partial charge in [0.15, 0.2) is 0 Å². The van der Waals surface area contributed by atoms with E-state index >= 15 is 0 Å². The predicted octanol–water partition coefficient (Wildman–Crippen LogP) is 2.22. The summed E-state index contributed by atoms with van der Waals surface area (Å²) in [6.07, 6.45) is 2.72. The minimum Gasteiger partial charge on any atom is -0.343 e. The summed E-state index contributed by atoms with van der Waals surface area (Å²) >= 11 is 0. The number of aromatic nitrogens is 1. The third-order valence-corrected chi connectivity index (χ3v) is 8.76. The van der Waals surface area contributed by atoms with Crippen LogP contribution >= 0.6 is 0 Å². The predicted molar refractivity (Wildman–Crippen MR) is 126 cm³/mol. The van der Waals surface area contributed by atoms with E-state index in [0.717, 1.165) is 51.5 Å². The molecule has 0 saturated carbocycles. The summed E-state index contributed by atoms with van der Waals surface area (Å²) in [5.41, 5.74) is 0.941. The zero-order valence-corrected chi connectivity index (χ0v) is 19.9. The van der Waals surface area contributed by atoms with E-state index in [1.807, 2.05) is 4.90 Å². The Morgan fingerprint density at radius 3 is 2.56 bits per heavy atom. The third-order valence-electron chi connectivity index (χ3n) is 7.40. The van der Waals surface area contributed by atoms with E-state index in [0.29, 0.717) is 29.9 Å². The topological polar surface area (TPSA) is 91.7 Å². The van der Waals surface area contributed by atoms with Gasteiger partial charge in [-0.15, -0.1) is 0 Å². The van der Waals surface area contributed by atoms with Crippen LogP contribution in [0.4, 0.5) is 10.1 Å². The summed E-state index contributed by atoms with van der Waals surface area (Å²) in [5, 5.41) is 0. The SMILES string of the molecule is CC(=O)N1CCC(N2CC3CC(C2)c2c(NS(=O)(=O)c4cccc(F)c4)ccc(=O)n2C3)CC1. The highest BCUT2D eigenvalue weighted by Gasteiger charge is 2.39. The Bertz CT molecular complexity index is 1270. The minimum absolute atomic E-state index is 0.0115. The van der Waals surface area contributed by atoms with Gasteiger partial charge in [0, 0.05) is 63.4 Å². The average molecular weight is 489 g/mol. The van der Waals surface area contributed by atoms with E-state index in [4.69, 9.17) is 0 Å². The van der Waals surface area contributed by atoms with Crippen LogP contribution in [0.15, 0.2) is 46.1 Å². The van der Waals surface area contributed by atoms with Gasteiger partial charge >= 0.3 is 0 Å². The Balaban J connectivity index is 1.42. The molecule has 1 amide bonds. The third kappa shape index (κ3) is 4.36. The van der Waals surface area contributed by atoms with Crippen LogP contribution in [0.5, 0.6) is 0 Å². The van der Waals surface area contributed by atoms with E-state index < -0.39 is 15.8 Å². The number of carbonyl (C=O) groups excluding carboxylic acids is 1. The number of pyridine rings is 1. The summed E-state index contributed by atoms with van der Waals surface area (Å²) in [7, 11) is -4.01. The molecule has 2 atom stereocenters. The molecule has 2 saturated heterocycles. The maximum atomic E-state index is 13.7. The molecule has 2 aromatic rings. The number of sulfonamides is 1. The molecule has 10 heteroatoms. The van der Waals surface area contributed by atoms with E-state index in [9.17, 15) is 22.4 Å². The summed E-state index contributed by atoms with van der Waals surface area (Å²) in [5.74, 6) is -0.199. The Morgan fingerprint density at radius 2 is 1.85 bits per heavy atom. The first-order valence-corrected chi connectivity index (χ1v) is 13.2. The Labute approximate surface area is 198 Å². The molecule has 0 spiro atoms. The van der Waals surface area contributed by atoms with Crippen molar-refractivity contribution in [1.29, 1.82) is 0 Å². The van der Waals surface area contributed by atoms with Crippen molar-refractivity contribution in [1.82, 2.24) is 14.4 Å². The van der Waals surface area contributed by atoms with E-state index in [1.165, 1.54) is 30.3 Å². The van der Waals surface area contributed by atoms with Crippen LogP contribution in [-0.2, 0) is 21.4 Å². The van der Waals surface area contributed by atoms with Crippen molar-refractivity contribution in [2.45, 2.75) is 49.6 Å². The van der Waals surface area contributed by atoms with Crippen LogP contribution in [0.3, 0.4) is 0 Å². The fourth-order valence-electron chi connectivity index (χ4n) is 5.82. The molecule has 3 aliphatic heterocycles. The number of hydrogen-bond donors (Lipinski definition) is 1. The van der Waals surface area contributed by atoms with Gasteiger partial charge in [-0.05, 0) is 49.4 Å². The number of amides is 1. The molecule has 0 aliphatic carbocycles. The fraction of sp³-hybridized carbons (Fsp3) is 0.500. The fourth-order valence-corrected chi connectivity index (χ4v) is 6.93. The van der Waals surface area contributed by atoms with Crippen molar-refractivity contribution in [3.05, 3.63) is 58.3 Å². The summed E-state index contributed by atoms with van der Waals surface area (Å²) in [6.45, 7) is 5.28. The Morgan fingerprint density at radius 1 is 1.09 bits per heavy atom. The summed E-state index contributed by atoms with van der Waals surface area (Å²) in [6, 6.07) is 8.17. The standard InChI is InChI=1S/C24H29FN4O4S/c1-16(30)27-9-7-20(8-10-27)28-13-17-11-18(15-28)24-22(5-6-23(31)29(24)14-17)26-34(32,33)21-4-2-3-19(25)12-21/h2-6,12,17-18,20,26H,7-11,13-15H2,1H3. The average Bonchev–Trinajstić information content (AvgIpc) is 2.80. The van der Waals surface area contributed by atoms with E-state index in [-0.39, 0.29) is 22.3 Å². The molecule has 4 heterocycles. The Kier molecular flexibility index (Phi) is 5.97. The molecule has 8 nitrogen and oxygen atoms in total. The zero-order valence-electron chi connectivity index (χ0n) is 19.1. The molecule has 2 bridgehead atoms. The second-order valence-electron chi connectivity index (χ2n) is 9.63.